The number of hydrogen-bond acceptors (Lipinski definition) is 2. The van der Waals surface area contributed by atoms with Crippen molar-refractivity contribution in [3.05, 3.63) is 0 Å². The summed E-state index contributed by atoms with van der Waals surface area (Å²) in [6.07, 6.45) is 8.25. The number of nitrogens with one attached hydrogen (secondary N) is 1. The second-order valence-electron chi connectivity index (χ2n) is 6.98. The minimum atomic E-state index is -0.292. The van der Waals surface area contributed by atoms with Crippen LogP contribution in [0.15, 0.2) is 0 Å². The first-order valence-corrected chi connectivity index (χ1v) is 8.09. The molecule has 0 spiro atoms. The summed E-state index contributed by atoms with van der Waals surface area (Å²) >= 11 is 0. The molecule has 2 fully saturated rings. The van der Waals surface area contributed by atoms with E-state index in [0.717, 1.165) is 32.4 Å². The molecule has 110 valence electrons. The summed E-state index contributed by atoms with van der Waals surface area (Å²) in [5.41, 5.74) is -0.292. The Balaban J connectivity index is 2.04. The number of carbonyl (C=O) groups is 1. The maximum atomic E-state index is 12.9. The van der Waals surface area contributed by atoms with Crippen LogP contribution in [0, 0.1) is 5.92 Å². The maximum Gasteiger partial charge on any atom is 0.242 e. The van der Waals surface area contributed by atoms with Crippen LogP contribution in [0.3, 0.4) is 0 Å². The molecule has 1 saturated carbocycles. The molecule has 1 heterocycles. The number of rotatable bonds is 5. The zero-order chi connectivity index (χ0) is 13.9. The largest absolute Gasteiger partial charge is 0.338 e. The average Bonchev–Trinajstić information content (AvgIpc) is 3.01. The van der Waals surface area contributed by atoms with Crippen LogP contribution >= 0.6 is 0 Å². The van der Waals surface area contributed by atoms with Crippen LogP contribution in [0.2, 0.25) is 0 Å². The Hall–Kier alpha value is -0.570. The van der Waals surface area contributed by atoms with Crippen LogP contribution in [0.25, 0.3) is 0 Å². The van der Waals surface area contributed by atoms with Crippen LogP contribution in [0.4, 0.5) is 0 Å². The third kappa shape index (κ3) is 3.50. The lowest BCUT2D eigenvalue weighted by Gasteiger charge is -2.36. The highest BCUT2D eigenvalue weighted by Gasteiger charge is 2.41. The fourth-order valence-electron chi connectivity index (χ4n) is 3.46. The van der Waals surface area contributed by atoms with Gasteiger partial charge < -0.3 is 10.2 Å². The second-order valence-corrected chi connectivity index (χ2v) is 6.98. The fraction of sp³-hybridized carbons (Fsp3) is 0.938. The van der Waals surface area contributed by atoms with Crippen LogP contribution in [-0.2, 0) is 4.79 Å². The SMILES string of the molecule is CC(C)CCN(C(=O)C1(C)CCCN1)C1CCCC1. The quantitative estimate of drug-likeness (QED) is 0.830. The molecule has 1 atom stereocenters. The summed E-state index contributed by atoms with van der Waals surface area (Å²) in [6.45, 7) is 8.52. The van der Waals surface area contributed by atoms with Crippen LogP contribution in [-0.4, -0.2) is 35.5 Å². The van der Waals surface area contributed by atoms with E-state index in [0.29, 0.717) is 17.9 Å². The summed E-state index contributed by atoms with van der Waals surface area (Å²) in [5, 5.41) is 3.43. The minimum Gasteiger partial charge on any atom is -0.338 e. The molecule has 1 unspecified atom stereocenters. The lowest BCUT2D eigenvalue weighted by Crippen LogP contribution is -2.55. The molecule has 0 radical (unpaired) electrons. The molecular formula is C16H30N2O. The molecule has 1 saturated heterocycles. The minimum absolute atomic E-state index is 0.292. The highest BCUT2D eigenvalue weighted by molar-refractivity contribution is 5.86. The molecule has 1 amide bonds. The summed E-state index contributed by atoms with van der Waals surface area (Å²) in [5.74, 6) is 1.03. The Morgan fingerprint density at radius 2 is 2.00 bits per heavy atom. The molecule has 3 nitrogen and oxygen atoms in total. The molecule has 0 aromatic carbocycles. The van der Waals surface area contributed by atoms with Crippen LogP contribution < -0.4 is 5.32 Å². The van der Waals surface area contributed by atoms with Crippen molar-refractivity contribution in [1.82, 2.24) is 10.2 Å². The van der Waals surface area contributed by atoms with Crippen molar-refractivity contribution in [3.63, 3.8) is 0 Å². The van der Waals surface area contributed by atoms with Crippen molar-refractivity contribution in [2.24, 2.45) is 5.92 Å². The monoisotopic (exact) mass is 266 g/mol. The Morgan fingerprint density at radius 3 is 2.53 bits per heavy atom. The van der Waals surface area contributed by atoms with E-state index in [9.17, 15) is 4.79 Å². The van der Waals surface area contributed by atoms with Crippen LogP contribution in [0.1, 0.15) is 65.7 Å². The van der Waals surface area contributed by atoms with Crippen LogP contribution in [0.5, 0.6) is 0 Å². The molecule has 0 bridgehead atoms. The highest BCUT2D eigenvalue weighted by atomic mass is 16.2. The van der Waals surface area contributed by atoms with Gasteiger partial charge >= 0.3 is 0 Å². The van der Waals surface area contributed by atoms with E-state index >= 15 is 0 Å². The molecule has 3 heteroatoms. The lowest BCUT2D eigenvalue weighted by molar-refractivity contribution is -0.139. The Labute approximate surface area is 118 Å². The zero-order valence-corrected chi connectivity index (χ0v) is 12.9. The molecule has 0 aromatic rings. The van der Waals surface area contributed by atoms with Crippen molar-refractivity contribution in [2.75, 3.05) is 13.1 Å². The molecule has 0 aromatic heterocycles. The standard InChI is InChI=1S/C16H30N2O/c1-13(2)9-12-18(14-7-4-5-8-14)15(19)16(3)10-6-11-17-16/h13-14,17H,4-12H2,1-3H3. The number of amides is 1. The summed E-state index contributed by atoms with van der Waals surface area (Å²) in [6, 6.07) is 0.505. The van der Waals surface area contributed by atoms with Gasteiger partial charge in [-0.2, -0.15) is 0 Å². The summed E-state index contributed by atoms with van der Waals surface area (Å²) < 4.78 is 0. The Bertz CT molecular complexity index is 302. The van der Waals surface area contributed by atoms with E-state index in [4.69, 9.17) is 0 Å². The van der Waals surface area contributed by atoms with E-state index in [1.54, 1.807) is 0 Å². The molecule has 1 aliphatic heterocycles. The Morgan fingerprint density at radius 1 is 1.32 bits per heavy atom. The van der Waals surface area contributed by atoms with Crippen molar-refractivity contribution in [3.8, 4) is 0 Å². The third-order valence-corrected chi connectivity index (χ3v) is 4.81. The number of carbonyl (C=O) groups excluding carboxylic acids is 1. The lowest BCUT2D eigenvalue weighted by atomic mass is 9.96. The van der Waals surface area contributed by atoms with Gasteiger partial charge in [0, 0.05) is 12.6 Å². The van der Waals surface area contributed by atoms with E-state index in [1.165, 1.54) is 25.7 Å². The van der Waals surface area contributed by atoms with Gasteiger partial charge in [-0.1, -0.05) is 26.7 Å². The third-order valence-electron chi connectivity index (χ3n) is 4.81. The van der Waals surface area contributed by atoms with Gasteiger partial charge in [0.05, 0.1) is 5.54 Å². The zero-order valence-electron chi connectivity index (χ0n) is 12.9. The van der Waals surface area contributed by atoms with Gasteiger partial charge in [-0.05, 0) is 51.5 Å². The number of nitrogens with zero attached hydrogens (tertiary/aromatic N) is 1. The molecule has 2 aliphatic rings. The first kappa shape index (κ1) is 14.8. The first-order chi connectivity index (χ1) is 9.03. The molecular weight excluding hydrogens is 236 g/mol. The van der Waals surface area contributed by atoms with Gasteiger partial charge in [0.1, 0.15) is 0 Å². The number of hydrogen-bond donors (Lipinski definition) is 1. The Kier molecular flexibility index (Phi) is 4.88. The molecule has 1 N–H and O–H groups in total. The first-order valence-electron chi connectivity index (χ1n) is 8.09. The van der Waals surface area contributed by atoms with E-state index in [2.05, 4.69) is 31.0 Å². The molecule has 19 heavy (non-hydrogen) atoms. The van der Waals surface area contributed by atoms with E-state index in [-0.39, 0.29) is 5.54 Å². The summed E-state index contributed by atoms with van der Waals surface area (Å²) in [7, 11) is 0. The van der Waals surface area contributed by atoms with Gasteiger partial charge in [0.2, 0.25) is 5.91 Å². The highest BCUT2D eigenvalue weighted by Crippen LogP contribution is 2.29. The summed E-state index contributed by atoms with van der Waals surface area (Å²) in [4.78, 5) is 15.1. The van der Waals surface area contributed by atoms with E-state index in [1.807, 2.05) is 0 Å². The van der Waals surface area contributed by atoms with Crippen molar-refractivity contribution in [1.29, 1.82) is 0 Å². The average molecular weight is 266 g/mol. The van der Waals surface area contributed by atoms with Crippen molar-refractivity contribution >= 4 is 5.91 Å². The van der Waals surface area contributed by atoms with E-state index < -0.39 is 0 Å². The predicted molar refractivity (Wildman–Crippen MR) is 79.1 cm³/mol. The van der Waals surface area contributed by atoms with Gasteiger partial charge in [0.15, 0.2) is 0 Å². The maximum absolute atomic E-state index is 12.9. The van der Waals surface area contributed by atoms with Gasteiger partial charge in [0.25, 0.3) is 0 Å². The topological polar surface area (TPSA) is 32.3 Å². The van der Waals surface area contributed by atoms with Crippen molar-refractivity contribution in [2.45, 2.75) is 77.3 Å². The molecule has 2 rings (SSSR count). The second kappa shape index (κ2) is 6.25. The van der Waals surface area contributed by atoms with Gasteiger partial charge in [-0.15, -0.1) is 0 Å². The van der Waals surface area contributed by atoms with Gasteiger partial charge in [-0.3, -0.25) is 4.79 Å². The van der Waals surface area contributed by atoms with Crippen molar-refractivity contribution < 1.29 is 4.79 Å². The fourth-order valence-corrected chi connectivity index (χ4v) is 3.46. The van der Waals surface area contributed by atoms with Gasteiger partial charge in [-0.25, -0.2) is 0 Å². The predicted octanol–water partition coefficient (Wildman–Crippen LogP) is 2.95. The smallest absolute Gasteiger partial charge is 0.242 e. The molecule has 1 aliphatic carbocycles. The normalized spacial score (nSPS) is 28.2.